The van der Waals surface area contributed by atoms with Gasteiger partial charge in [0.15, 0.2) is 0 Å². The zero-order chi connectivity index (χ0) is 16.4. The Hall–Kier alpha value is -2.68. The zero-order valence-corrected chi connectivity index (χ0v) is 13.3. The molecule has 0 saturated heterocycles. The molecule has 3 heteroatoms. The van der Waals surface area contributed by atoms with Crippen molar-refractivity contribution < 1.29 is 9.90 Å². The zero-order valence-electron chi connectivity index (χ0n) is 13.3. The second-order valence-electron chi connectivity index (χ2n) is 5.81. The monoisotopic (exact) mass is 305 g/mol. The van der Waals surface area contributed by atoms with E-state index in [2.05, 4.69) is 31.0 Å². The van der Waals surface area contributed by atoms with Crippen LogP contribution < -0.4 is 0 Å². The number of hydrogen-bond acceptors (Lipinski definition) is 2. The first-order valence-electron chi connectivity index (χ1n) is 7.83. The van der Waals surface area contributed by atoms with E-state index in [0.717, 1.165) is 12.0 Å². The number of pyridine rings is 1. The fourth-order valence-corrected chi connectivity index (χ4v) is 2.72. The summed E-state index contributed by atoms with van der Waals surface area (Å²) in [5.41, 5.74) is 3.91. The predicted octanol–water partition coefficient (Wildman–Crippen LogP) is 5.11. The summed E-state index contributed by atoms with van der Waals surface area (Å²) in [5.74, 6) is -0.413. The van der Waals surface area contributed by atoms with Gasteiger partial charge in [0.1, 0.15) is 0 Å². The quantitative estimate of drug-likeness (QED) is 0.728. The SMILES string of the molecule is CCC(C)c1ccc(-c2cc(C(=O)O)c3ccccc3n2)cc1. The highest BCUT2D eigenvalue weighted by molar-refractivity contribution is 6.03. The number of benzene rings is 2. The van der Waals surface area contributed by atoms with Gasteiger partial charge in [0.25, 0.3) is 0 Å². The molecule has 0 amide bonds. The molecule has 1 atom stereocenters. The molecule has 0 aliphatic heterocycles. The van der Waals surface area contributed by atoms with Crippen molar-refractivity contribution in [1.82, 2.24) is 4.98 Å². The molecule has 0 spiro atoms. The van der Waals surface area contributed by atoms with Gasteiger partial charge in [-0.05, 0) is 30.0 Å². The standard InChI is InChI=1S/C20H19NO2/c1-3-13(2)14-8-10-15(11-9-14)19-12-17(20(22)23)16-6-4-5-7-18(16)21-19/h4-13H,3H2,1-2H3,(H,22,23). The molecule has 1 heterocycles. The largest absolute Gasteiger partial charge is 0.478 e. The van der Waals surface area contributed by atoms with E-state index in [-0.39, 0.29) is 5.56 Å². The van der Waals surface area contributed by atoms with Crippen molar-refractivity contribution in [1.29, 1.82) is 0 Å². The van der Waals surface area contributed by atoms with Crippen LogP contribution in [-0.4, -0.2) is 16.1 Å². The van der Waals surface area contributed by atoms with Gasteiger partial charge in [-0.15, -0.1) is 0 Å². The van der Waals surface area contributed by atoms with Crippen LogP contribution in [0.3, 0.4) is 0 Å². The molecule has 0 aliphatic rings. The van der Waals surface area contributed by atoms with Gasteiger partial charge in [-0.1, -0.05) is 56.3 Å². The van der Waals surface area contributed by atoms with Crippen molar-refractivity contribution in [3.05, 3.63) is 65.7 Å². The van der Waals surface area contributed by atoms with E-state index in [1.54, 1.807) is 12.1 Å². The number of carbonyl (C=O) groups is 1. The van der Waals surface area contributed by atoms with Crippen molar-refractivity contribution in [3.63, 3.8) is 0 Å². The minimum absolute atomic E-state index is 0.289. The lowest BCUT2D eigenvalue weighted by atomic mass is 9.96. The Kier molecular flexibility index (Phi) is 4.11. The summed E-state index contributed by atoms with van der Waals surface area (Å²) in [6.45, 7) is 4.37. The van der Waals surface area contributed by atoms with E-state index in [9.17, 15) is 9.90 Å². The summed E-state index contributed by atoms with van der Waals surface area (Å²) in [7, 11) is 0. The number of fused-ring (bicyclic) bond motifs is 1. The van der Waals surface area contributed by atoms with Crippen LogP contribution in [-0.2, 0) is 0 Å². The Morgan fingerprint density at radius 1 is 1.13 bits per heavy atom. The third-order valence-electron chi connectivity index (χ3n) is 4.33. The molecule has 0 aliphatic carbocycles. The number of para-hydroxylation sites is 1. The molecule has 0 radical (unpaired) electrons. The van der Waals surface area contributed by atoms with E-state index < -0.39 is 5.97 Å². The molecule has 0 bridgehead atoms. The van der Waals surface area contributed by atoms with Crippen molar-refractivity contribution in [3.8, 4) is 11.3 Å². The summed E-state index contributed by atoms with van der Waals surface area (Å²) in [5, 5.41) is 10.1. The maximum absolute atomic E-state index is 11.6. The smallest absolute Gasteiger partial charge is 0.336 e. The van der Waals surface area contributed by atoms with E-state index >= 15 is 0 Å². The number of aromatic carboxylic acids is 1. The molecule has 0 saturated carbocycles. The predicted molar refractivity (Wildman–Crippen MR) is 92.8 cm³/mol. The van der Waals surface area contributed by atoms with Gasteiger partial charge in [-0.25, -0.2) is 9.78 Å². The summed E-state index contributed by atoms with van der Waals surface area (Å²) < 4.78 is 0. The fourth-order valence-electron chi connectivity index (χ4n) is 2.72. The lowest BCUT2D eigenvalue weighted by molar-refractivity contribution is 0.0699. The molecular weight excluding hydrogens is 286 g/mol. The number of carboxylic acid groups (broad SMARTS) is 1. The Labute approximate surface area is 135 Å². The maximum Gasteiger partial charge on any atom is 0.336 e. The third-order valence-corrected chi connectivity index (χ3v) is 4.33. The van der Waals surface area contributed by atoms with Crippen LogP contribution in [0.4, 0.5) is 0 Å². The Balaban J connectivity index is 2.11. The summed E-state index contributed by atoms with van der Waals surface area (Å²) in [6.07, 6.45) is 1.09. The van der Waals surface area contributed by atoms with E-state index in [4.69, 9.17) is 0 Å². The summed E-state index contributed by atoms with van der Waals surface area (Å²) in [6, 6.07) is 17.2. The number of nitrogens with zero attached hydrogens (tertiary/aromatic N) is 1. The van der Waals surface area contributed by atoms with Gasteiger partial charge in [-0.2, -0.15) is 0 Å². The van der Waals surface area contributed by atoms with Gasteiger partial charge in [0, 0.05) is 10.9 Å². The van der Waals surface area contributed by atoms with Crippen LogP contribution in [0.25, 0.3) is 22.2 Å². The fraction of sp³-hybridized carbons (Fsp3) is 0.200. The first-order chi connectivity index (χ1) is 11.1. The molecule has 1 unspecified atom stereocenters. The number of hydrogen-bond donors (Lipinski definition) is 1. The second kappa shape index (κ2) is 6.21. The average Bonchev–Trinajstić information content (AvgIpc) is 2.60. The first kappa shape index (κ1) is 15.2. The Morgan fingerprint density at radius 2 is 1.83 bits per heavy atom. The van der Waals surface area contributed by atoms with Gasteiger partial charge in [0.05, 0.1) is 16.8 Å². The molecule has 23 heavy (non-hydrogen) atoms. The van der Waals surface area contributed by atoms with Crippen molar-refractivity contribution in [2.24, 2.45) is 0 Å². The Morgan fingerprint density at radius 3 is 2.48 bits per heavy atom. The lowest BCUT2D eigenvalue weighted by Crippen LogP contribution is -2.00. The van der Waals surface area contributed by atoms with Gasteiger partial charge in [0.2, 0.25) is 0 Å². The number of carboxylic acids is 1. The number of rotatable bonds is 4. The lowest BCUT2D eigenvalue weighted by Gasteiger charge is -2.11. The number of aromatic nitrogens is 1. The molecular formula is C20H19NO2. The van der Waals surface area contributed by atoms with Crippen LogP contribution in [0.2, 0.25) is 0 Å². The van der Waals surface area contributed by atoms with Crippen LogP contribution in [0.15, 0.2) is 54.6 Å². The summed E-state index contributed by atoms with van der Waals surface area (Å²) in [4.78, 5) is 16.2. The molecule has 3 nitrogen and oxygen atoms in total. The normalized spacial score (nSPS) is 12.3. The van der Waals surface area contributed by atoms with Crippen LogP contribution in [0.5, 0.6) is 0 Å². The topological polar surface area (TPSA) is 50.2 Å². The van der Waals surface area contributed by atoms with Crippen LogP contribution >= 0.6 is 0 Å². The van der Waals surface area contributed by atoms with Gasteiger partial charge in [-0.3, -0.25) is 0 Å². The van der Waals surface area contributed by atoms with Gasteiger partial charge >= 0.3 is 5.97 Å². The highest BCUT2D eigenvalue weighted by Gasteiger charge is 2.13. The molecule has 3 rings (SSSR count). The molecule has 2 aromatic carbocycles. The van der Waals surface area contributed by atoms with Crippen LogP contribution in [0, 0.1) is 0 Å². The summed E-state index contributed by atoms with van der Waals surface area (Å²) >= 11 is 0. The van der Waals surface area contributed by atoms with Crippen molar-refractivity contribution in [2.75, 3.05) is 0 Å². The first-order valence-corrected chi connectivity index (χ1v) is 7.83. The molecule has 1 aromatic heterocycles. The van der Waals surface area contributed by atoms with E-state index in [1.165, 1.54) is 5.56 Å². The van der Waals surface area contributed by atoms with Crippen molar-refractivity contribution >= 4 is 16.9 Å². The Bertz CT molecular complexity index is 853. The van der Waals surface area contributed by atoms with E-state index in [0.29, 0.717) is 22.5 Å². The maximum atomic E-state index is 11.6. The third kappa shape index (κ3) is 2.95. The molecule has 1 N–H and O–H groups in total. The minimum Gasteiger partial charge on any atom is -0.478 e. The van der Waals surface area contributed by atoms with Gasteiger partial charge < -0.3 is 5.11 Å². The minimum atomic E-state index is -0.930. The average molecular weight is 305 g/mol. The molecule has 0 fully saturated rings. The van der Waals surface area contributed by atoms with Crippen LogP contribution in [0.1, 0.15) is 42.1 Å². The highest BCUT2D eigenvalue weighted by atomic mass is 16.4. The molecule has 3 aromatic rings. The second-order valence-corrected chi connectivity index (χ2v) is 5.81. The molecule has 116 valence electrons. The highest BCUT2D eigenvalue weighted by Crippen LogP contribution is 2.27. The van der Waals surface area contributed by atoms with E-state index in [1.807, 2.05) is 30.3 Å². The van der Waals surface area contributed by atoms with Crippen molar-refractivity contribution in [2.45, 2.75) is 26.2 Å².